The second kappa shape index (κ2) is 4.96. The summed E-state index contributed by atoms with van der Waals surface area (Å²) in [4.78, 5) is 15.3. The van der Waals surface area contributed by atoms with Gasteiger partial charge < -0.3 is 5.32 Å². The van der Waals surface area contributed by atoms with Crippen LogP contribution in [-0.4, -0.2) is 47.8 Å². The van der Waals surface area contributed by atoms with Gasteiger partial charge in [0, 0.05) is 13.0 Å². The molecule has 1 amide bonds. The van der Waals surface area contributed by atoms with Crippen LogP contribution in [0.4, 0.5) is 0 Å². The zero-order valence-electron chi connectivity index (χ0n) is 8.37. The Balaban J connectivity index is 1.68. The number of carbonyl (C=O) groups excluding carboxylic acids is 1. The first-order chi connectivity index (χ1) is 7.84. The van der Waals surface area contributed by atoms with Gasteiger partial charge in [0.1, 0.15) is 25.0 Å². The Labute approximate surface area is 90.3 Å². The SMILES string of the molecule is O=C(Cn1cnnn1)NCCc1ncn[nH]1. The molecule has 0 aromatic carbocycles. The first-order valence-corrected chi connectivity index (χ1v) is 4.66. The minimum atomic E-state index is -0.146. The maximum Gasteiger partial charge on any atom is 0.241 e. The van der Waals surface area contributed by atoms with Crippen LogP contribution in [0.25, 0.3) is 0 Å². The van der Waals surface area contributed by atoms with Crippen LogP contribution >= 0.6 is 0 Å². The van der Waals surface area contributed by atoms with E-state index in [2.05, 4.69) is 36.0 Å². The lowest BCUT2D eigenvalue weighted by molar-refractivity contribution is -0.121. The van der Waals surface area contributed by atoms with Crippen LogP contribution in [0.3, 0.4) is 0 Å². The minimum Gasteiger partial charge on any atom is -0.354 e. The summed E-state index contributed by atoms with van der Waals surface area (Å²) >= 11 is 0. The van der Waals surface area contributed by atoms with E-state index in [1.807, 2.05) is 0 Å². The van der Waals surface area contributed by atoms with Crippen LogP contribution in [0.5, 0.6) is 0 Å². The summed E-state index contributed by atoms with van der Waals surface area (Å²) in [5.41, 5.74) is 0. The second-order valence-corrected chi connectivity index (χ2v) is 3.04. The summed E-state index contributed by atoms with van der Waals surface area (Å²) in [7, 11) is 0. The number of amides is 1. The normalized spacial score (nSPS) is 10.2. The van der Waals surface area contributed by atoms with Crippen molar-refractivity contribution in [3.63, 3.8) is 0 Å². The molecule has 0 spiro atoms. The van der Waals surface area contributed by atoms with Gasteiger partial charge in [-0.1, -0.05) is 0 Å². The second-order valence-electron chi connectivity index (χ2n) is 3.04. The molecule has 0 bridgehead atoms. The van der Waals surface area contributed by atoms with Crippen molar-refractivity contribution in [2.75, 3.05) is 6.54 Å². The van der Waals surface area contributed by atoms with E-state index in [0.717, 1.165) is 5.82 Å². The van der Waals surface area contributed by atoms with Crippen molar-refractivity contribution in [2.45, 2.75) is 13.0 Å². The molecule has 84 valence electrons. The molecule has 0 fully saturated rings. The number of nitrogens with zero attached hydrogens (tertiary/aromatic N) is 6. The van der Waals surface area contributed by atoms with Crippen LogP contribution in [0, 0.1) is 0 Å². The average molecular weight is 222 g/mol. The third kappa shape index (κ3) is 2.83. The molecule has 2 N–H and O–H groups in total. The topological polar surface area (TPSA) is 114 Å². The van der Waals surface area contributed by atoms with Crippen LogP contribution < -0.4 is 5.32 Å². The Morgan fingerprint density at radius 3 is 3.19 bits per heavy atom. The van der Waals surface area contributed by atoms with Crippen molar-refractivity contribution in [1.82, 2.24) is 40.7 Å². The number of carbonyl (C=O) groups is 1. The van der Waals surface area contributed by atoms with Gasteiger partial charge in [-0.15, -0.1) is 5.10 Å². The number of aromatic amines is 1. The molecular weight excluding hydrogens is 212 g/mol. The molecule has 0 unspecified atom stereocenters. The van der Waals surface area contributed by atoms with Crippen LogP contribution in [0.15, 0.2) is 12.7 Å². The zero-order chi connectivity index (χ0) is 11.2. The smallest absolute Gasteiger partial charge is 0.241 e. The monoisotopic (exact) mass is 222 g/mol. The molecule has 2 aromatic heterocycles. The Kier molecular flexibility index (Phi) is 3.16. The van der Waals surface area contributed by atoms with E-state index in [9.17, 15) is 4.79 Å². The predicted molar refractivity (Wildman–Crippen MR) is 50.9 cm³/mol. The lowest BCUT2D eigenvalue weighted by Crippen LogP contribution is -2.29. The highest BCUT2D eigenvalue weighted by Crippen LogP contribution is 1.85. The van der Waals surface area contributed by atoms with E-state index >= 15 is 0 Å². The molecule has 16 heavy (non-hydrogen) atoms. The molecule has 0 aliphatic rings. The molecular formula is C7H10N8O. The maximum absolute atomic E-state index is 11.4. The standard InChI is InChI=1S/C7H10N8O/c16-7(3-15-5-11-13-14-15)8-2-1-6-9-4-10-12-6/h4-5H,1-3H2,(H,8,16)(H,9,10,12). The van der Waals surface area contributed by atoms with Crippen molar-refractivity contribution < 1.29 is 4.79 Å². The van der Waals surface area contributed by atoms with Crippen LogP contribution in [-0.2, 0) is 17.8 Å². The zero-order valence-corrected chi connectivity index (χ0v) is 8.37. The highest BCUT2D eigenvalue weighted by atomic mass is 16.2. The Hall–Kier alpha value is -2.32. The summed E-state index contributed by atoms with van der Waals surface area (Å²) in [5, 5.41) is 19.6. The molecule has 2 aromatic rings. The molecule has 0 radical (unpaired) electrons. The van der Waals surface area contributed by atoms with E-state index in [0.29, 0.717) is 13.0 Å². The number of H-pyrrole nitrogens is 1. The van der Waals surface area contributed by atoms with Crippen molar-refractivity contribution >= 4 is 5.91 Å². The van der Waals surface area contributed by atoms with Crippen molar-refractivity contribution in [3.8, 4) is 0 Å². The van der Waals surface area contributed by atoms with Gasteiger partial charge in [-0.25, -0.2) is 9.67 Å². The van der Waals surface area contributed by atoms with Crippen molar-refractivity contribution in [3.05, 3.63) is 18.5 Å². The number of nitrogens with one attached hydrogen (secondary N) is 2. The van der Waals surface area contributed by atoms with E-state index in [-0.39, 0.29) is 12.5 Å². The summed E-state index contributed by atoms with van der Waals surface area (Å²) in [6.45, 7) is 0.611. The largest absolute Gasteiger partial charge is 0.354 e. The van der Waals surface area contributed by atoms with Gasteiger partial charge in [-0.3, -0.25) is 9.89 Å². The fourth-order valence-corrected chi connectivity index (χ4v) is 1.13. The lowest BCUT2D eigenvalue weighted by atomic mass is 10.4. The van der Waals surface area contributed by atoms with Gasteiger partial charge in [0.05, 0.1) is 0 Å². The number of tetrazole rings is 1. The Morgan fingerprint density at radius 2 is 2.50 bits per heavy atom. The van der Waals surface area contributed by atoms with Crippen molar-refractivity contribution in [1.29, 1.82) is 0 Å². The van der Waals surface area contributed by atoms with Gasteiger partial charge in [0.2, 0.25) is 5.91 Å². The maximum atomic E-state index is 11.4. The first kappa shape index (κ1) is 10.2. The molecule has 0 saturated heterocycles. The van der Waals surface area contributed by atoms with Gasteiger partial charge in [0.25, 0.3) is 0 Å². The van der Waals surface area contributed by atoms with Gasteiger partial charge in [-0.05, 0) is 10.4 Å². The van der Waals surface area contributed by atoms with Gasteiger partial charge >= 0.3 is 0 Å². The van der Waals surface area contributed by atoms with E-state index < -0.39 is 0 Å². The minimum absolute atomic E-state index is 0.114. The Morgan fingerprint density at radius 1 is 1.56 bits per heavy atom. The molecule has 9 heteroatoms. The molecule has 2 rings (SSSR count). The summed E-state index contributed by atoms with van der Waals surface area (Å²) in [6, 6.07) is 0. The number of hydrogen-bond donors (Lipinski definition) is 2. The summed E-state index contributed by atoms with van der Waals surface area (Å²) in [5.74, 6) is 0.592. The molecule has 9 nitrogen and oxygen atoms in total. The summed E-state index contributed by atoms with van der Waals surface area (Å²) < 4.78 is 1.35. The number of hydrogen-bond acceptors (Lipinski definition) is 6. The van der Waals surface area contributed by atoms with Gasteiger partial charge in [0.15, 0.2) is 0 Å². The predicted octanol–water partition coefficient (Wildman–Crippen LogP) is -1.85. The molecule has 0 atom stereocenters. The van der Waals surface area contributed by atoms with Crippen LogP contribution in [0.1, 0.15) is 5.82 Å². The number of rotatable bonds is 5. The fraction of sp³-hybridized carbons (Fsp3) is 0.429. The highest BCUT2D eigenvalue weighted by molar-refractivity contribution is 5.75. The first-order valence-electron chi connectivity index (χ1n) is 4.66. The van der Waals surface area contributed by atoms with Crippen LogP contribution in [0.2, 0.25) is 0 Å². The third-order valence-electron chi connectivity index (χ3n) is 1.85. The summed E-state index contributed by atoms with van der Waals surface area (Å²) in [6.07, 6.45) is 3.43. The highest BCUT2D eigenvalue weighted by Gasteiger charge is 2.03. The Bertz CT molecular complexity index is 421. The lowest BCUT2D eigenvalue weighted by Gasteiger charge is -2.02. The van der Waals surface area contributed by atoms with E-state index in [1.165, 1.54) is 17.3 Å². The van der Waals surface area contributed by atoms with E-state index in [4.69, 9.17) is 0 Å². The third-order valence-corrected chi connectivity index (χ3v) is 1.85. The molecule has 0 saturated carbocycles. The van der Waals surface area contributed by atoms with Gasteiger partial charge in [-0.2, -0.15) is 5.10 Å². The molecule has 0 aliphatic heterocycles. The number of aromatic nitrogens is 7. The van der Waals surface area contributed by atoms with E-state index in [1.54, 1.807) is 0 Å². The average Bonchev–Trinajstić information content (AvgIpc) is 2.90. The molecule has 0 aliphatic carbocycles. The molecule has 2 heterocycles. The quantitative estimate of drug-likeness (QED) is 0.613. The van der Waals surface area contributed by atoms with Crippen molar-refractivity contribution in [2.24, 2.45) is 0 Å². The fourth-order valence-electron chi connectivity index (χ4n) is 1.13.